The number of ether oxygens (including phenoxy) is 1. The van der Waals surface area contributed by atoms with E-state index in [9.17, 15) is 0 Å². The van der Waals surface area contributed by atoms with Crippen LogP contribution in [0.1, 0.15) is 12.6 Å². The van der Waals surface area contributed by atoms with Crippen LogP contribution in [0, 0.1) is 0 Å². The number of nitrogens with zero attached hydrogens (tertiary/aromatic N) is 3. The third-order valence-corrected chi connectivity index (χ3v) is 2.24. The van der Waals surface area contributed by atoms with Gasteiger partial charge in [0.05, 0.1) is 18.8 Å². The Morgan fingerprint density at radius 1 is 1.35 bits per heavy atom. The van der Waals surface area contributed by atoms with E-state index in [0.29, 0.717) is 19.0 Å². The number of aryl methyl sites for hydroxylation is 1. The molecule has 0 amide bonds. The zero-order valence-corrected chi connectivity index (χ0v) is 10.1. The van der Waals surface area contributed by atoms with E-state index in [2.05, 4.69) is 15.4 Å². The van der Waals surface area contributed by atoms with E-state index in [1.165, 1.54) is 0 Å². The van der Waals surface area contributed by atoms with Gasteiger partial charge in [0.25, 0.3) is 0 Å². The molecule has 90 valence electrons. The molecule has 5 heteroatoms. The Morgan fingerprint density at radius 3 is 2.94 bits per heavy atom. The molecule has 0 radical (unpaired) electrons. The fourth-order valence-electron chi connectivity index (χ4n) is 1.48. The molecule has 0 atom stereocenters. The molecule has 0 saturated heterocycles. The van der Waals surface area contributed by atoms with Crippen molar-refractivity contribution < 1.29 is 4.74 Å². The van der Waals surface area contributed by atoms with Crippen LogP contribution in [0.15, 0.2) is 30.5 Å². The summed E-state index contributed by atoms with van der Waals surface area (Å²) in [6.45, 7) is 3.22. The predicted molar refractivity (Wildman–Crippen MR) is 65.9 cm³/mol. The lowest BCUT2D eigenvalue weighted by Crippen LogP contribution is -2.03. The lowest BCUT2D eigenvalue weighted by Gasteiger charge is -2.06. The molecule has 2 heterocycles. The molecule has 0 spiro atoms. The number of hydrogen-bond donors (Lipinski definition) is 1. The molecule has 5 nitrogen and oxygen atoms in total. The summed E-state index contributed by atoms with van der Waals surface area (Å²) in [5.41, 5.74) is 0.983. The molecule has 0 aromatic carbocycles. The second-order valence-corrected chi connectivity index (χ2v) is 3.63. The lowest BCUT2D eigenvalue weighted by atomic mass is 10.4. The molecule has 0 saturated carbocycles. The second-order valence-electron chi connectivity index (χ2n) is 3.63. The van der Waals surface area contributed by atoms with Crippen molar-refractivity contribution in [1.82, 2.24) is 14.8 Å². The first kappa shape index (κ1) is 11.4. The number of nitrogens with one attached hydrogen (secondary N) is 1. The highest BCUT2D eigenvalue weighted by atomic mass is 16.5. The topological polar surface area (TPSA) is 52.0 Å². The maximum absolute atomic E-state index is 5.33. The van der Waals surface area contributed by atoms with Crippen LogP contribution in [-0.4, -0.2) is 21.4 Å². The molecule has 0 fully saturated rings. The summed E-state index contributed by atoms with van der Waals surface area (Å²) < 4.78 is 7.11. The standard InChI is InChI=1S/C12H16N4O/c1-3-17-12-6-4-5-11(14-12)13-9-10-7-8-16(2)15-10/h4-8H,3,9H2,1-2H3,(H,13,14). The highest BCUT2D eigenvalue weighted by Crippen LogP contribution is 2.11. The number of pyridine rings is 1. The monoisotopic (exact) mass is 232 g/mol. The summed E-state index contributed by atoms with van der Waals surface area (Å²) in [6.07, 6.45) is 1.92. The second kappa shape index (κ2) is 5.34. The molecule has 0 aliphatic carbocycles. The van der Waals surface area contributed by atoms with Gasteiger partial charge < -0.3 is 10.1 Å². The van der Waals surface area contributed by atoms with Crippen LogP contribution in [0.3, 0.4) is 0 Å². The molecule has 2 rings (SSSR count). The minimum absolute atomic E-state index is 0.622. The zero-order chi connectivity index (χ0) is 12.1. The Labute approximate surface area is 100 Å². The van der Waals surface area contributed by atoms with Gasteiger partial charge in [-0.25, -0.2) is 0 Å². The van der Waals surface area contributed by atoms with E-state index < -0.39 is 0 Å². The average Bonchev–Trinajstić information content (AvgIpc) is 2.74. The molecule has 0 aliphatic heterocycles. The van der Waals surface area contributed by atoms with Gasteiger partial charge in [0.2, 0.25) is 5.88 Å². The van der Waals surface area contributed by atoms with E-state index in [1.54, 1.807) is 4.68 Å². The van der Waals surface area contributed by atoms with Crippen molar-refractivity contribution in [2.75, 3.05) is 11.9 Å². The van der Waals surface area contributed by atoms with Crippen LogP contribution >= 0.6 is 0 Å². The Morgan fingerprint density at radius 2 is 2.24 bits per heavy atom. The third kappa shape index (κ3) is 3.21. The first-order valence-corrected chi connectivity index (χ1v) is 5.60. The summed E-state index contributed by atoms with van der Waals surface area (Å²) in [6, 6.07) is 7.64. The lowest BCUT2D eigenvalue weighted by molar-refractivity contribution is 0.327. The SMILES string of the molecule is CCOc1cccc(NCc2ccn(C)n2)n1. The van der Waals surface area contributed by atoms with Crippen molar-refractivity contribution >= 4 is 5.82 Å². The van der Waals surface area contributed by atoms with Crippen LogP contribution in [0.5, 0.6) is 5.88 Å². The smallest absolute Gasteiger partial charge is 0.215 e. The maximum Gasteiger partial charge on any atom is 0.215 e. The maximum atomic E-state index is 5.33. The van der Waals surface area contributed by atoms with E-state index in [1.807, 2.05) is 44.4 Å². The fraction of sp³-hybridized carbons (Fsp3) is 0.333. The van der Waals surface area contributed by atoms with Crippen LogP contribution in [0.2, 0.25) is 0 Å². The highest BCUT2D eigenvalue weighted by molar-refractivity contribution is 5.37. The number of hydrogen-bond acceptors (Lipinski definition) is 4. The van der Waals surface area contributed by atoms with E-state index in [4.69, 9.17) is 4.74 Å². The van der Waals surface area contributed by atoms with Crippen molar-refractivity contribution in [2.45, 2.75) is 13.5 Å². The first-order chi connectivity index (χ1) is 8.28. The Balaban J connectivity index is 1.96. The van der Waals surface area contributed by atoms with Crippen LogP contribution < -0.4 is 10.1 Å². The summed E-state index contributed by atoms with van der Waals surface area (Å²) in [5, 5.41) is 7.49. The highest BCUT2D eigenvalue weighted by Gasteiger charge is 1.99. The van der Waals surface area contributed by atoms with Gasteiger partial charge in [0.1, 0.15) is 5.82 Å². The van der Waals surface area contributed by atoms with Gasteiger partial charge in [-0.2, -0.15) is 10.1 Å². The third-order valence-electron chi connectivity index (χ3n) is 2.24. The van der Waals surface area contributed by atoms with E-state index in [-0.39, 0.29) is 0 Å². The zero-order valence-electron chi connectivity index (χ0n) is 10.1. The van der Waals surface area contributed by atoms with Crippen molar-refractivity contribution in [1.29, 1.82) is 0 Å². The molecule has 0 unspecified atom stereocenters. The van der Waals surface area contributed by atoms with Gasteiger partial charge in [0, 0.05) is 19.3 Å². The van der Waals surface area contributed by atoms with E-state index >= 15 is 0 Å². The van der Waals surface area contributed by atoms with Crippen molar-refractivity contribution in [3.8, 4) is 5.88 Å². The van der Waals surface area contributed by atoms with E-state index in [0.717, 1.165) is 11.5 Å². The molecular weight excluding hydrogens is 216 g/mol. The molecule has 2 aromatic rings. The molecule has 17 heavy (non-hydrogen) atoms. The number of aromatic nitrogens is 3. The van der Waals surface area contributed by atoms with Gasteiger partial charge in [0.15, 0.2) is 0 Å². The Bertz CT molecular complexity index is 481. The van der Waals surface area contributed by atoms with Crippen molar-refractivity contribution in [3.05, 3.63) is 36.2 Å². The normalized spacial score (nSPS) is 10.2. The van der Waals surface area contributed by atoms with Gasteiger partial charge >= 0.3 is 0 Å². The average molecular weight is 232 g/mol. The Hall–Kier alpha value is -2.04. The first-order valence-electron chi connectivity index (χ1n) is 5.60. The minimum atomic E-state index is 0.622. The molecular formula is C12H16N4O. The van der Waals surface area contributed by atoms with Crippen molar-refractivity contribution in [2.24, 2.45) is 7.05 Å². The van der Waals surface area contributed by atoms with Crippen LogP contribution in [0.4, 0.5) is 5.82 Å². The summed E-state index contributed by atoms with van der Waals surface area (Å²) in [7, 11) is 1.90. The van der Waals surface area contributed by atoms with Gasteiger partial charge in [-0.1, -0.05) is 6.07 Å². The van der Waals surface area contributed by atoms with Crippen molar-refractivity contribution in [3.63, 3.8) is 0 Å². The Kier molecular flexibility index (Phi) is 3.59. The molecule has 1 N–H and O–H groups in total. The molecule has 0 aliphatic rings. The summed E-state index contributed by atoms with van der Waals surface area (Å²) >= 11 is 0. The predicted octanol–water partition coefficient (Wildman–Crippen LogP) is 1.83. The van der Waals surface area contributed by atoms with Crippen LogP contribution in [0.25, 0.3) is 0 Å². The largest absolute Gasteiger partial charge is 0.478 e. The van der Waals surface area contributed by atoms with Gasteiger partial charge in [-0.3, -0.25) is 4.68 Å². The van der Waals surface area contributed by atoms with Gasteiger partial charge in [-0.15, -0.1) is 0 Å². The summed E-state index contributed by atoms with van der Waals surface area (Å²) in [5.74, 6) is 1.43. The molecule has 0 bridgehead atoms. The quantitative estimate of drug-likeness (QED) is 0.854. The van der Waals surface area contributed by atoms with Gasteiger partial charge in [-0.05, 0) is 19.1 Å². The fourth-order valence-corrected chi connectivity index (χ4v) is 1.48. The summed E-state index contributed by atoms with van der Waals surface area (Å²) in [4.78, 5) is 4.32. The minimum Gasteiger partial charge on any atom is -0.478 e. The number of rotatable bonds is 5. The number of anilines is 1. The van der Waals surface area contributed by atoms with Crippen LogP contribution in [-0.2, 0) is 13.6 Å². The molecule has 2 aromatic heterocycles.